The molecule has 0 aromatic heterocycles. The zero-order valence-electron chi connectivity index (χ0n) is 6.10. The first-order valence-electron chi connectivity index (χ1n) is 3.50. The van der Waals surface area contributed by atoms with Crippen molar-refractivity contribution in [3.63, 3.8) is 0 Å². The van der Waals surface area contributed by atoms with E-state index in [0.29, 0.717) is 0 Å². The Balaban J connectivity index is 2.80. The summed E-state index contributed by atoms with van der Waals surface area (Å²) >= 11 is 3.41. The monoisotopic (exact) mass is 214 g/mol. The lowest BCUT2D eigenvalue weighted by Crippen LogP contribution is -1.83. The average molecular weight is 215 g/mol. The summed E-state index contributed by atoms with van der Waals surface area (Å²) in [6, 6.07) is 10.1. The quantitative estimate of drug-likeness (QED) is 0.517. The van der Waals surface area contributed by atoms with Gasteiger partial charge in [-0.1, -0.05) is 45.8 Å². The van der Waals surface area contributed by atoms with Gasteiger partial charge >= 0.3 is 0 Å². The molecule has 1 aromatic carbocycles. The van der Waals surface area contributed by atoms with Crippen LogP contribution in [-0.4, -0.2) is 10.2 Å². The number of rotatable bonds is 2. The molecule has 0 nitrogen and oxygen atoms in total. The maximum Gasteiger partial charge on any atom is 0.0283 e. The van der Waals surface area contributed by atoms with Crippen LogP contribution < -0.4 is 0 Å². The largest absolute Gasteiger partial charge is 0.0876 e. The highest BCUT2D eigenvalue weighted by molar-refractivity contribution is 9.08. The number of halogens is 1. The molecule has 0 aliphatic heterocycles. The maximum atomic E-state index is 3.41. The van der Waals surface area contributed by atoms with Crippen LogP contribution in [0, 0.1) is 0 Å². The van der Waals surface area contributed by atoms with Crippen molar-refractivity contribution < 1.29 is 0 Å². The van der Waals surface area contributed by atoms with Crippen molar-refractivity contribution in [2.45, 2.75) is 11.4 Å². The Morgan fingerprint density at radius 1 is 1.10 bits per heavy atom. The highest BCUT2D eigenvalue weighted by Gasteiger charge is 1.89. The van der Waals surface area contributed by atoms with Crippen LogP contribution in [0.2, 0.25) is 0 Å². The molecular formula is C8H11BrSi. The Kier molecular flexibility index (Phi) is 3.16. The third kappa shape index (κ3) is 1.96. The lowest BCUT2D eigenvalue weighted by molar-refractivity contribution is 1.35. The van der Waals surface area contributed by atoms with Gasteiger partial charge in [0.1, 0.15) is 0 Å². The van der Waals surface area contributed by atoms with Gasteiger partial charge in [-0.05, 0) is 11.6 Å². The summed E-state index contributed by atoms with van der Waals surface area (Å²) in [5.41, 5.74) is 2.83. The summed E-state index contributed by atoms with van der Waals surface area (Å²) in [5, 5.41) is 0.967. The van der Waals surface area contributed by atoms with Gasteiger partial charge in [0.25, 0.3) is 0 Å². The number of hydrogen-bond acceptors (Lipinski definition) is 0. The minimum absolute atomic E-state index is 0.967. The molecule has 0 fully saturated rings. The highest BCUT2D eigenvalue weighted by Crippen LogP contribution is 2.07. The molecular weight excluding hydrogens is 204 g/mol. The summed E-state index contributed by atoms with van der Waals surface area (Å²) in [7, 11) is 1.26. The van der Waals surface area contributed by atoms with Gasteiger partial charge in [-0.15, -0.1) is 0 Å². The van der Waals surface area contributed by atoms with Gasteiger partial charge in [0.2, 0.25) is 0 Å². The third-order valence-corrected chi connectivity index (χ3v) is 3.05. The Labute approximate surface area is 73.2 Å². The molecule has 0 saturated carbocycles. The van der Waals surface area contributed by atoms with Crippen LogP contribution in [-0.2, 0) is 11.4 Å². The van der Waals surface area contributed by atoms with Crippen molar-refractivity contribution in [2.75, 3.05) is 0 Å². The van der Waals surface area contributed by atoms with Gasteiger partial charge in [-0.3, -0.25) is 0 Å². The molecule has 54 valence electrons. The van der Waals surface area contributed by atoms with E-state index in [0.717, 1.165) is 5.33 Å². The Hall–Kier alpha value is -0.0831. The minimum Gasteiger partial charge on any atom is -0.0876 e. The van der Waals surface area contributed by atoms with Gasteiger partial charge in [-0.2, -0.15) is 0 Å². The van der Waals surface area contributed by atoms with Gasteiger partial charge in [-0.25, -0.2) is 0 Å². The fourth-order valence-electron chi connectivity index (χ4n) is 0.864. The zero-order chi connectivity index (χ0) is 7.40. The van der Waals surface area contributed by atoms with Crippen LogP contribution in [0.25, 0.3) is 0 Å². The third-order valence-electron chi connectivity index (χ3n) is 1.59. The Morgan fingerprint density at radius 3 is 2.00 bits per heavy atom. The summed E-state index contributed by atoms with van der Waals surface area (Å²) in [4.78, 5) is 0. The standard InChI is InChI=1S/C8H11BrSi/c9-5-7-1-3-8(6-10)4-2-7/h1-4H,5-6H2,10H3. The van der Waals surface area contributed by atoms with Gasteiger partial charge in [0.15, 0.2) is 0 Å². The second kappa shape index (κ2) is 3.94. The van der Waals surface area contributed by atoms with Gasteiger partial charge in [0, 0.05) is 15.6 Å². The van der Waals surface area contributed by atoms with E-state index in [2.05, 4.69) is 40.2 Å². The molecule has 10 heavy (non-hydrogen) atoms. The predicted octanol–water partition coefficient (Wildman–Crippen LogP) is 1.45. The molecule has 0 radical (unpaired) electrons. The van der Waals surface area contributed by atoms with Crippen LogP contribution in [0.4, 0.5) is 0 Å². The van der Waals surface area contributed by atoms with E-state index in [1.807, 2.05) is 0 Å². The van der Waals surface area contributed by atoms with E-state index in [1.54, 1.807) is 0 Å². The first kappa shape index (κ1) is 8.02. The minimum atomic E-state index is 0.967. The topological polar surface area (TPSA) is 0 Å². The SMILES string of the molecule is [SiH3]Cc1ccc(CBr)cc1. The van der Waals surface area contributed by atoms with E-state index >= 15 is 0 Å². The highest BCUT2D eigenvalue weighted by atomic mass is 79.9. The second-order valence-corrected chi connectivity index (χ2v) is 3.57. The predicted molar refractivity (Wildman–Crippen MR) is 52.7 cm³/mol. The molecule has 0 aliphatic carbocycles. The first-order chi connectivity index (χ1) is 4.86. The van der Waals surface area contributed by atoms with E-state index in [1.165, 1.54) is 27.4 Å². The van der Waals surface area contributed by atoms with Crippen LogP contribution >= 0.6 is 15.9 Å². The fourth-order valence-corrected chi connectivity index (χ4v) is 1.71. The molecule has 0 heterocycles. The van der Waals surface area contributed by atoms with Crippen molar-refractivity contribution in [3.8, 4) is 0 Å². The Bertz CT molecular complexity index is 170. The first-order valence-corrected chi connectivity index (χ1v) is 6.04. The number of alkyl halides is 1. The summed E-state index contributed by atoms with van der Waals surface area (Å²) < 4.78 is 0. The molecule has 0 unspecified atom stereocenters. The smallest absolute Gasteiger partial charge is 0.0283 e. The molecule has 0 saturated heterocycles. The molecule has 0 bridgehead atoms. The maximum absolute atomic E-state index is 3.41. The second-order valence-electron chi connectivity index (χ2n) is 2.30. The van der Waals surface area contributed by atoms with Crippen molar-refractivity contribution in [1.82, 2.24) is 0 Å². The van der Waals surface area contributed by atoms with E-state index in [-0.39, 0.29) is 0 Å². The zero-order valence-corrected chi connectivity index (χ0v) is 9.69. The molecule has 0 amide bonds. The summed E-state index contributed by atoms with van der Waals surface area (Å²) in [6.45, 7) is 0. The lowest BCUT2D eigenvalue weighted by Gasteiger charge is -1.96. The van der Waals surface area contributed by atoms with E-state index in [4.69, 9.17) is 0 Å². The van der Waals surface area contributed by atoms with Gasteiger partial charge < -0.3 is 0 Å². The number of hydrogen-bond donors (Lipinski definition) is 0. The van der Waals surface area contributed by atoms with Crippen molar-refractivity contribution >= 4 is 26.2 Å². The van der Waals surface area contributed by atoms with Crippen LogP contribution in [0.15, 0.2) is 24.3 Å². The van der Waals surface area contributed by atoms with Crippen molar-refractivity contribution in [3.05, 3.63) is 35.4 Å². The molecule has 1 rings (SSSR count). The molecule has 0 atom stereocenters. The van der Waals surface area contributed by atoms with Crippen LogP contribution in [0.3, 0.4) is 0 Å². The van der Waals surface area contributed by atoms with E-state index < -0.39 is 0 Å². The van der Waals surface area contributed by atoms with Crippen LogP contribution in [0.1, 0.15) is 11.1 Å². The molecule has 0 aliphatic rings. The molecule has 0 N–H and O–H groups in total. The van der Waals surface area contributed by atoms with E-state index in [9.17, 15) is 0 Å². The van der Waals surface area contributed by atoms with Crippen molar-refractivity contribution in [1.29, 1.82) is 0 Å². The molecule has 0 spiro atoms. The fraction of sp³-hybridized carbons (Fsp3) is 0.250. The Morgan fingerprint density at radius 2 is 1.60 bits per heavy atom. The van der Waals surface area contributed by atoms with Crippen LogP contribution in [0.5, 0.6) is 0 Å². The average Bonchev–Trinajstić information content (AvgIpc) is 2.05. The molecule has 2 heteroatoms. The normalized spacial score (nSPS) is 10.1. The number of benzene rings is 1. The molecule has 1 aromatic rings. The van der Waals surface area contributed by atoms with Crippen molar-refractivity contribution in [2.24, 2.45) is 0 Å². The summed E-state index contributed by atoms with van der Waals surface area (Å²) in [6.07, 6.45) is 0. The van der Waals surface area contributed by atoms with Gasteiger partial charge in [0.05, 0.1) is 0 Å². The lowest BCUT2D eigenvalue weighted by atomic mass is 10.2. The summed E-state index contributed by atoms with van der Waals surface area (Å²) in [5.74, 6) is 0.